The smallest absolute Gasteiger partial charge is 0.330 e. The highest BCUT2D eigenvalue weighted by atomic mass is 32.1. The zero-order valence-corrected chi connectivity index (χ0v) is 27.2. The summed E-state index contributed by atoms with van der Waals surface area (Å²) in [6.07, 6.45) is 15.3. The molecule has 0 unspecified atom stereocenters. The summed E-state index contributed by atoms with van der Waals surface area (Å²) in [6, 6.07) is 2.01. The van der Waals surface area contributed by atoms with Gasteiger partial charge in [0.2, 0.25) is 17.7 Å². The van der Waals surface area contributed by atoms with Crippen molar-refractivity contribution in [2.75, 3.05) is 6.54 Å². The molecular formula is C34H40N6O6S. The van der Waals surface area contributed by atoms with Crippen LogP contribution < -0.4 is 15.4 Å². The van der Waals surface area contributed by atoms with Crippen LogP contribution in [0, 0.1) is 11.8 Å². The molecule has 47 heavy (non-hydrogen) atoms. The molecule has 5 atom stereocenters. The van der Waals surface area contributed by atoms with E-state index in [1.807, 2.05) is 36.0 Å². The number of nitrogens with one attached hydrogen (secondary N) is 2. The van der Waals surface area contributed by atoms with E-state index in [0.717, 1.165) is 59.4 Å². The average Bonchev–Trinajstić information content (AvgIpc) is 3.79. The first-order valence-corrected chi connectivity index (χ1v) is 17.4. The van der Waals surface area contributed by atoms with Crippen LogP contribution in [-0.2, 0) is 26.2 Å². The molecule has 2 aliphatic heterocycles. The van der Waals surface area contributed by atoms with E-state index in [1.165, 1.54) is 16.2 Å². The van der Waals surface area contributed by atoms with Crippen LogP contribution in [-0.4, -0.2) is 78.5 Å². The van der Waals surface area contributed by atoms with Crippen LogP contribution in [0.15, 0.2) is 42.9 Å². The Balaban J connectivity index is 1.17. The number of carboxylic acids is 1. The monoisotopic (exact) mass is 660 g/mol. The van der Waals surface area contributed by atoms with Gasteiger partial charge in [0.25, 0.3) is 0 Å². The van der Waals surface area contributed by atoms with Crippen molar-refractivity contribution in [3.05, 3.63) is 42.9 Å². The first kappa shape index (κ1) is 31.3. The number of hydrogen-bond acceptors (Lipinski definition) is 8. The minimum absolute atomic E-state index is 0.122. The third-order valence-corrected chi connectivity index (χ3v) is 11.0. The second-order valence-electron chi connectivity index (χ2n) is 13.4. The van der Waals surface area contributed by atoms with E-state index in [4.69, 9.17) is 4.74 Å². The summed E-state index contributed by atoms with van der Waals surface area (Å²) in [5, 5.41) is 15.9. The third kappa shape index (κ3) is 6.50. The Morgan fingerprint density at radius 3 is 2.79 bits per heavy atom. The van der Waals surface area contributed by atoms with E-state index < -0.39 is 35.6 Å². The van der Waals surface area contributed by atoms with Gasteiger partial charge in [0.05, 0.1) is 21.6 Å². The van der Waals surface area contributed by atoms with Gasteiger partial charge in [0.15, 0.2) is 0 Å². The molecular weight excluding hydrogens is 620 g/mol. The molecule has 3 aromatic heterocycles. The summed E-state index contributed by atoms with van der Waals surface area (Å²) < 4.78 is 9.29. The number of pyridine rings is 1. The van der Waals surface area contributed by atoms with E-state index in [-0.39, 0.29) is 30.7 Å². The highest BCUT2D eigenvalue weighted by Crippen LogP contribution is 2.45. The van der Waals surface area contributed by atoms with Crippen molar-refractivity contribution in [2.24, 2.45) is 18.9 Å². The predicted molar refractivity (Wildman–Crippen MR) is 174 cm³/mol. The molecule has 12 nitrogen and oxygen atoms in total. The van der Waals surface area contributed by atoms with Crippen LogP contribution >= 0.6 is 11.3 Å². The number of rotatable bonds is 7. The Kier molecular flexibility index (Phi) is 8.50. The maximum absolute atomic E-state index is 14.3. The Hall–Kier alpha value is -4.26. The second kappa shape index (κ2) is 12.7. The molecule has 3 N–H and O–H groups in total. The summed E-state index contributed by atoms with van der Waals surface area (Å²) in [5.41, 5.74) is -0.642. The van der Waals surface area contributed by atoms with E-state index in [9.17, 15) is 24.3 Å². The predicted octanol–water partition coefficient (Wildman–Crippen LogP) is 3.81. The molecule has 5 heterocycles. The van der Waals surface area contributed by atoms with Gasteiger partial charge in [0, 0.05) is 44.4 Å². The average molecular weight is 661 g/mol. The number of carboxylic acid groups (broad SMARTS) is 1. The van der Waals surface area contributed by atoms with Gasteiger partial charge in [-0.05, 0) is 56.6 Å². The van der Waals surface area contributed by atoms with E-state index in [1.54, 1.807) is 18.5 Å². The molecule has 4 aliphatic rings. The van der Waals surface area contributed by atoms with E-state index >= 15 is 0 Å². The number of carbonyl (C=O) groups excluding carboxylic acids is 3. The summed E-state index contributed by atoms with van der Waals surface area (Å²) in [6.45, 7) is 0.122. The van der Waals surface area contributed by atoms with Crippen molar-refractivity contribution in [1.29, 1.82) is 0 Å². The molecule has 0 aromatic carbocycles. The number of ether oxygens (including phenoxy) is 1. The van der Waals surface area contributed by atoms with Gasteiger partial charge in [-0.2, -0.15) is 0 Å². The fraction of sp³-hybridized carbons (Fsp3) is 0.529. The van der Waals surface area contributed by atoms with Gasteiger partial charge < -0.3 is 29.9 Å². The number of aromatic nitrogens is 3. The molecule has 2 aliphatic carbocycles. The molecule has 3 aromatic rings. The van der Waals surface area contributed by atoms with Crippen LogP contribution in [0.2, 0.25) is 0 Å². The molecule has 1 saturated heterocycles. The summed E-state index contributed by atoms with van der Waals surface area (Å²) in [4.78, 5) is 64.9. The number of aryl methyl sites for hydroxylation is 1. The number of nitrogens with zero attached hydrogens (tertiary/aromatic N) is 4. The third-order valence-electron chi connectivity index (χ3n) is 9.84. The number of allylic oxidation sites excluding steroid dienone is 1. The highest BCUT2D eigenvalue weighted by Gasteiger charge is 2.61. The summed E-state index contributed by atoms with van der Waals surface area (Å²) >= 11 is 1.50. The lowest BCUT2D eigenvalue weighted by atomic mass is 10.0. The summed E-state index contributed by atoms with van der Waals surface area (Å²) in [7, 11) is 1.93. The lowest BCUT2D eigenvalue weighted by Crippen LogP contribution is -2.56. The number of amides is 3. The summed E-state index contributed by atoms with van der Waals surface area (Å²) in [5.74, 6) is -0.629. The van der Waals surface area contributed by atoms with Crippen molar-refractivity contribution in [2.45, 2.75) is 87.9 Å². The standard InChI is InChI=1S/C34H40N6O6S/c1-39-14-13-36-30(39)27-17-24-29(47-27)26(11-12-35-24)46-22-16-25-31(42)38-34(33(44)45)18-21(34)7-5-3-2-4-6-8-23(32(43)40(25)19-22)37-28(41)15-20-9-10-20/h5,7,11-14,17,20-23,25H,2-4,6,8-10,15-16,18-19H2,1H3,(H,37,41)(H,38,42)(H,44,45)/b7-5-/t21-,22+,23-,25-,34+/m0/s1. The normalized spacial score (nSPS) is 28.8. The van der Waals surface area contributed by atoms with Gasteiger partial charge in [-0.25, -0.2) is 9.78 Å². The molecule has 3 amide bonds. The molecule has 0 spiro atoms. The van der Waals surface area contributed by atoms with Gasteiger partial charge in [-0.1, -0.05) is 25.0 Å². The second-order valence-corrected chi connectivity index (χ2v) is 14.4. The Morgan fingerprint density at radius 1 is 1.17 bits per heavy atom. The Labute approximate surface area is 276 Å². The van der Waals surface area contributed by atoms with Crippen LogP contribution in [0.4, 0.5) is 0 Å². The lowest BCUT2D eigenvalue weighted by Gasteiger charge is -2.29. The Morgan fingerprint density at radius 2 is 2.02 bits per heavy atom. The fourth-order valence-corrected chi connectivity index (χ4v) is 8.00. The number of aliphatic carboxylic acids is 1. The zero-order valence-electron chi connectivity index (χ0n) is 26.4. The molecule has 2 saturated carbocycles. The minimum Gasteiger partial charge on any atom is -0.487 e. The first-order valence-electron chi connectivity index (χ1n) is 16.6. The van der Waals surface area contributed by atoms with Gasteiger partial charge >= 0.3 is 5.97 Å². The van der Waals surface area contributed by atoms with Crippen LogP contribution in [0.25, 0.3) is 20.9 Å². The van der Waals surface area contributed by atoms with Gasteiger partial charge in [0.1, 0.15) is 35.3 Å². The quantitative estimate of drug-likeness (QED) is 0.323. The van der Waals surface area contributed by atoms with Crippen LogP contribution in [0.1, 0.15) is 64.2 Å². The zero-order chi connectivity index (χ0) is 32.7. The van der Waals surface area contributed by atoms with Crippen LogP contribution in [0.5, 0.6) is 5.75 Å². The molecule has 3 fully saturated rings. The molecule has 0 radical (unpaired) electrons. The maximum Gasteiger partial charge on any atom is 0.330 e. The van der Waals surface area contributed by atoms with Gasteiger partial charge in [-0.15, -0.1) is 11.3 Å². The fourth-order valence-electron chi connectivity index (χ4n) is 6.88. The number of carbonyl (C=O) groups is 4. The highest BCUT2D eigenvalue weighted by molar-refractivity contribution is 7.22. The largest absolute Gasteiger partial charge is 0.487 e. The first-order chi connectivity index (χ1) is 22.7. The molecule has 0 bridgehead atoms. The molecule has 7 rings (SSSR count). The van der Waals surface area contributed by atoms with E-state index in [2.05, 4.69) is 20.6 Å². The maximum atomic E-state index is 14.3. The van der Waals surface area contributed by atoms with Gasteiger partial charge in [-0.3, -0.25) is 19.4 Å². The topological polar surface area (TPSA) is 156 Å². The number of thiophene rings is 1. The van der Waals surface area contributed by atoms with Crippen molar-refractivity contribution in [3.8, 4) is 16.5 Å². The van der Waals surface area contributed by atoms with Crippen molar-refractivity contribution >= 4 is 45.2 Å². The van der Waals surface area contributed by atoms with Crippen molar-refractivity contribution in [1.82, 2.24) is 30.1 Å². The molecule has 13 heteroatoms. The van der Waals surface area contributed by atoms with Crippen molar-refractivity contribution in [3.63, 3.8) is 0 Å². The lowest BCUT2D eigenvalue weighted by molar-refractivity contribution is -0.146. The molecule has 248 valence electrons. The van der Waals surface area contributed by atoms with Crippen molar-refractivity contribution < 1.29 is 29.0 Å². The Bertz CT molecular complexity index is 1730. The van der Waals surface area contributed by atoms with E-state index in [0.29, 0.717) is 30.9 Å². The number of fused-ring (bicyclic) bond motifs is 3. The number of hydrogen-bond donors (Lipinski definition) is 3. The SMILES string of the molecule is Cn1ccnc1-c1cc2nccc(O[C@@H]3C[C@H]4C(=O)N[C@]5(C(=O)O)C[C@@H]5/C=C\CCCCC[C@H](NC(=O)CC5CC5)C(=O)N4C3)c2s1. The van der Waals surface area contributed by atoms with Crippen LogP contribution in [0.3, 0.4) is 0 Å². The minimum atomic E-state index is -1.39. The number of imidazole rings is 1.